The fourth-order valence-electron chi connectivity index (χ4n) is 1.60. The number of methoxy groups -OCH3 is 2. The molecule has 0 unspecified atom stereocenters. The van der Waals surface area contributed by atoms with Crippen LogP contribution in [-0.4, -0.2) is 38.1 Å². The number of carbonyl (C=O) groups is 1. The Morgan fingerprint density at radius 3 is 2.44 bits per heavy atom. The zero-order chi connectivity index (χ0) is 13.7. The summed E-state index contributed by atoms with van der Waals surface area (Å²) in [4.78, 5) is 13.8. The van der Waals surface area contributed by atoms with Crippen LogP contribution in [0.3, 0.4) is 0 Å². The van der Waals surface area contributed by atoms with Gasteiger partial charge in [-0.15, -0.1) is 0 Å². The van der Waals surface area contributed by atoms with E-state index < -0.39 is 0 Å². The zero-order valence-electron chi connectivity index (χ0n) is 11.7. The molecule has 1 aromatic carbocycles. The van der Waals surface area contributed by atoms with Crippen molar-refractivity contribution in [1.29, 1.82) is 0 Å². The lowest BCUT2D eigenvalue weighted by molar-refractivity contribution is -0.130. The molecule has 0 fully saturated rings. The maximum absolute atomic E-state index is 12.1. The third-order valence-corrected chi connectivity index (χ3v) is 3.00. The fourth-order valence-corrected chi connectivity index (χ4v) is 1.60. The number of ether oxygens (including phenoxy) is 2. The molecule has 0 aliphatic carbocycles. The first-order valence-electron chi connectivity index (χ1n) is 5.96. The van der Waals surface area contributed by atoms with E-state index in [-0.39, 0.29) is 11.9 Å². The molecular weight excluding hydrogens is 230 g/mol. The van der Waals surface area contributed by atoms with E-state index in [9.17, 15) is 4.79 Å². The Morgan fingerprint density at radius 2 is 1.94 bits per heavy atom. The van der Waals surface area contributed by atoms with E-state index >= 15 is 0 Å². The molecule has 0 spiro atoms. The lowest BCUT2D eigenvalue weighted by Gasteiger charge is -2.22. The largest absolute Gasteiger partial charge is 0.497 e. The van der Waals surface area contributed by atoms with Crippen molar-refractivity contribution in [2.24, 2.45) is 0 Å². The molecule has 0 radical (unpaired) electrons. The lowest BCUT2D eigenvalue weighted by atomic mass is 10.1. The molecule has 1 aromatic rings. The Balaban J connectivity index is 2.91. The molecule has 0 saturated carbocycles. The molecule has 4 heteroatoms. The molecule has 0 aliphatic heterocycles. The summed E-state index contributed by atoms with van der Waals surface area (Å²) in [6.07, 6.45) is 0.315. The van der Waals surface area contributed by atoms with Gasteiger partial charge in [-0.1, -0.05) is 0 Å². The lowest BCUT2D eigenvalue weighted by Crippen LogP contribution is -2.34. The molecule has 18 heavy (non-hydrogen) atoms. The number of likely N-dealkylation sites (N-methyl/N-ethyl adjacent to an activating group) is 1. The van der Waals surface area contributed by atoms with Gasteiger partial charge in [0.15, 0.2) is 0 Å². The van der Waals surface area contributed by atoms with Crippen LogP contribution in [0.5, 0.6) is 11.5 Å². The van der Waals surface area contributed by atoms with Crippen LogP contribution < -0.4 is 9.47 Å². The first-order valence-corrected chi connectivity index (χ1v) is 5.96. The van der Waals surface area contributed by atoms with Crippen molar-refractivity contribution in [1.82, 2.24) is 4.90 Å². The van der Waals surface area contributed by atoms with Crippen LogP contribution in [0.1, 0.15) is 19.4 Å². The summed E-state index contributed by atoms with van der Waals surface area (Å²) in [6, 6.07) is 5.66. The van der Waals surface area contributed by atoms with Crippen molar-refractivity contribution in [3.8, 4) is 11.5 Å². The van der Waals surface area contributed by atoms with Crippen LogP contribution in [0.2, 0.25) is 0 Å². The summed E-state index contributed by atoms with van der Waals surface area (Å²) in [7, 11) is 5.01. The average molecular weight is 251 g/mol. The Hall–Kier alpha value is -1.71. The first kappa shape index (κ1) is 14.4. The minimum Gasteiger partial charge on any atom is -0.497 e. The molecule has 0 atom stereocenters. The first-order chi connectivity index (χ1) is 8.49. The van der Waals surface area contributed by atoms with Crippen LogP contribution in [0, 0.1) is 0 Å². The maximum atomic E-state index is 12.1. The van der Waals surface area contributed by atoms with Gasteiger partial charge in [0, 0.05) is 18.7 Å². The van der Waals surface area contributed by atoms with E-state index in [1.54, 1.807) is 26.2 Å². The number of hydrogen-bond donors (Lipinski definition) is 0. The third-order valence-electron chi connectivity index (χ3n) is 3.00. The van der Waals surface area contributed by atoms with E-state index in [1.165, 1.54) is 0 Å². The zero-order valence-corrected chi connectivity index (χ0v) is 11.7. The van der Waals surface area contributed by atoms with Gasteiger partial charge in [0.1, 0.15) is 11.5 Å². The molecular formula is C14H21NO3. The molecule has 100 valence electrons. The van der Waals surface area contributed by atoms with Gasteiger partial charge in [0.25, 0.3) is 0 Å². The Bertz CT molecular complexity index is 416. The molecule has 0 bridgehead atoms. The molecule has 1 rings (SSSR count). The predicted octanol–water partition coefficient (Wildman–Crippen LogP) is 2.11. The van der Waals surface area contributed by atoms with Gasteiger partial charge in [-0.2, -0.15) is 0 Å². The highest BCUT2D eigenvalue weighted by Crippen LogP contribution is 2.24. The number of amides is 1. The van der Waals surface area contributed by atoms with Crippen LogP contribution >= 0.6 is 0 Å². The van der Waals surface area contributed by atoms with Crippen LogP contribution in [0.15, 0.2) is 18.2 Å². The summed E-state index contributed by atoms with van der Waals surface area (Å²) in [5.41, 5.74) is 0.842. The SMILES string of the molecule is COc1ccc(OC)c(CC(=O)N(C)C(C)C)c1. The second-order valence-corrected chi connectivity index (χ2v) is 4.45. The fraction of sp³-hybridized carbons (Fsp3) is 0.500. The second-order valence-electron chi connectivity index (χ2n) is 4.45. The molecule has 0 N–H and O–H groups in total. The monoisotopic (exact) mass is 251 g/mol. The number of hydrogen-bond acceptors (Lipinski definition) is 3. The van der Waals surface area contributed by atoms with E-state index in [0.29, 0.717) is 12.2 Å². The topological polar surface area (TPSA) is 38.8 Å². The molecule has 1 amide bonds. The van der Waals surface area contributed by atoms with Crippen LogP contribution in [0.4, 0.5) is 0 Å². The molecule has 4 nitrogen and oxygen atoms in total. The summed E-state index contributed by atoms with van der Waals surface area (Å²) in [5, 5.41) is 0. The molecule has 0 heterocycles. The predicted molar refractivity (Wildman–Crippen MR) is 71.2 cm³/mol. The molecule has 0 saturated heterocycles. The molecule has 0 aromatic heterocycles. The van der Waals surface area contributed by atoms with Crippen molar-refractivity contribution in [2.45, 2.75) is 26.3 Å². The minimum atomic E-state index is 0.0663. The smallest absolute Gasteiger partial charge is 0.227 e. The second kappa shape index (κ2) is 6.28. The summed E-state index contributed by atoms with van der Waals surface area (Å²) < 4.78 is 10.4. The van der Waals surface area contributed by atoms with Crippen molar-refractivity contribution < 1.29 is 14.3 Å². The van der Waals surface area contributed by atoms with Crippen molar-refractivity contribution >= 4 is 5.91 Å². The Morgan fingerprint density at radius 1 is 1.28 bits per heavy atom. The number of rotatable bonds is 5. The van der Waals surface area contributed by atoms with Crippen molar-refractivity contribution in [2.75, 3.05) is 21.3 Å². The summed E-state index contributed by atoms with van der Waals surface area (Å²) in [6.45, 7) is 3.97. The number of carbonyl (C=O) groups excluding carboxylic acids is 1. The van der Waals surface area contributed by atoms with Gasteiger partial charge in [0.05, 0.1) is 20.6 Å². The van der Waals surface area contributed by atoms with E-state index in [2.05, 4.69) is 0 Å². The maximum Gasteiger partial charge on any atom is 0.227 e. The van der Waals surface area contributed by atoms with Gasteiger partial charge in [0.2, 0.25) is 5.91 Å². The molecule has 0 aliphatic rings. The van der Waals surface area contributed by atoms with Crippen molar-refractivity contribution in [3.05, 3.63) is 23.8 Å². The summed E-state index contributed by atoms with van der Waals surface area (Å²) >= 11 is 0. The van der Waals surface area contributed by atoms with Crippen LogP contribution in [-0.2, 0) is 11.2 Å². The third kappa shape index (κ3) is 3.39. The highest BCUT2D eigenvalue weighted by Gasteiger charge is 2.15. The van der Waals surface area contributed by atoms with E-state index in [1.807, 2.05) is 32.0 Å². The summed E-state index contributed by atoms with van der Waals surface area (Å²) in [5.74, 6) is 1.50. The highest BCUT2D eigenvalue weighted by molar-refractivity contribution is 5.79. The minimum absolute atomic E-state index is 0.0663. The number of nitrogens with zero attached hydrogens (tertiary/aromatic N) is 1. The number of benzene rings is 1. The van der Waals surface area contributed by atoms with E-state index in [4.69, 9.17) is 9.47 Å². The van der Waals surface area contributed by atoms with E-state index in [0.717, 1.165) is 11.3 Å². The normalized spacial score (nSPS) is 10.3. The Kier molecular flexibility index (Phi) is 5.01. The Labute approximate surface area is 108 Å². The highest BCUT2D eigenvalue weighted by atomic mass is 16.5. The van der Waals surface area contributed by atoms with Crippen LogP contribution in [0.25, 0.3) is 0 Å². The standard InChI is InChI=1S/C14H21NO3/c1-10(2)15(3)14(16)9-11-8-12(17-4)6-7-13(11)18-5/h6-8,10H,9H2,1-5H3. The van der Waals surface area contributed by atoms with Gasteiger partial charge in [-0.3, -0.25) is 4.79 Å². The quantitative estimate of drug-likeness (QED) is 0.804. The average Bonchev–Trinajstić information content (AvgIpc) is 2.37. The van der Waals surface area contributed by atoms with Crippen molar-refractivity contribution in [3.63, 3.8) is 0 Å². The van der Waals surface area contributed by atoms with Gasteiger partial charge in [-0.05, 0) is 32.0 Å². The van der Waals surface area contributed by atoms with Gasteiger partial charge in [-0.25, -0.2) is 0 Å². The van der Waals surface area contributed by atoms with Gasteiger partial charge >= 0.3 is 0 Å². The van der Waals surface area contributed by atoms with Gasteiger partial charge < -0.3 is 14.4 Å².